The number of anilines is 2. The summed E-state index contributed by atoms with van der Waals surface area (Å²) in [5, 5.41) is 4.04. The minimum Gasteiger partial charge on any atom is -0.322 e. The molecule has 0 aliphatic heterocycles. The number of carbonyl (C=O) groups excluding carboxylic acids is 1. The maximum atomic E-state index is 12.6. The molecule has 160 valence electrons. The van der Waals surface area contributed by atoms with Crippen LogP contribution >= 0.6 is 11.6 Å². The topological polar surface area (TPSA) is 88.2 Å². The van der Waals surface area contributed by atoms with E-state index in [0.29, 0.717) is 22.0 Å². The van der Waals surface area contributed by atoms with E-state index < -0.39 is 10.0 Å². The van der Waals surface area contributed by atoms with Gasteiger partial charge in [0.05, 0.1) is 21.1 Å². The summed E-state index contributed by atoms with van der Waals surface area (Å²) in [6.07, 6.45) is 4.71. The van der Waals surface area contributed by atoms with Crippen molar-refractivity contribution in [1.82, 2.24) is 4.98 Å². The van der Waals surface area contributed by atoms with Gasteiger partial charge in [-0.25, -0.2) is 8.42 Å². The van der Waals surface area contributed by atoms with Gasteiger partial charge in [-0.05, 0) is 60.2 Å². The number of carbonyl (C=O) groups is 1. The van der Waals surface area contributed by atoms with Crippen LogP contribution in [0.25, 0.3) is 17.0 Å². The molecular formula is C24H18ClN3O3S. The van der Waals surface area contributed by atoms with E-state index in [4.69, 9.17) is 11.6 Å². The fraction of sp³-hybridized carbons (Fsp3) is 0. The number of halogens is 1. The van der Waals surface area contributed by atoms with Gasteiger partial charge in [-0.3, -0.25) is 14.5 Å². The summed E-state index contributed by atoms with van der Waals surface area (Å²) in [6, 6.07) is 22.0. The van der Waals surface area contributed by atoms with Gasteiger partial charge in [0.1, 0.15) is 0 Å². The highest BCUT2D eigenvalue weighted by Crippen LogP contribution is 2.24. The van der Waals surface area contributed by atoms with Crippen LogP contribution in [0.4, 0.5) is 11.4 Å². The molecule has 6 nitrogen and oxygen atoms in total. The van der Waals surface area contributed by atoms with Crippen LogP contribution in [-0.4, -0.2) is 19.3 Å². The molecule has 4 aromatic rings. The molecule has 0 bridgehead atoms. The molecule has 0 atom stereocenters. The van der Waals surface area contributed by atoms with Crippen molar-refractivity contribution in [3.05, 3.63) is 102 Å². The fourth-order valence-corrected chi connectivity index (χ4v) is 4.33. The summed E-state index contributed by atoms with van der Waals surface area (Å²) >= 11 is 6.02. The standard InChI is InChI=1S/C24H18ClN3O3S/c25-21-5-1-2-6-23(21)28-32(30,31)20-11-7-17(8-12-20)9-14-24(29)27-19-10-13-22-18(16-19)4-3-15-26-22/h1-16,28H,(H,27,29)/b14-9+. The SMILES string of the molecule is O=C(/C=C/c1ccc(S(=O)(=O)Nc2ccccc2Cl)cc1)Nc1ccc2ncccc2c1. The van der Waals surface area contributed by atoms with E-state index >= 15 is 0 Å². The molecule has 1 amide bonds. The Morgan fingerprint density at radius 1 is 0.938 bits per heavy atom. The fourth-order valence-electron chi connectivity index (χ4n) is 3.01. The Morgan fingerprint density at radius 3 is 2.50 bits per heavy atom. The Morgan fingerprint density at radius 2 is 1.72 bits per heavy atom. The number of hydrogen-bond acceptors (Lipinski definition) is 4. The number of hydrogen-bond donors (Lipinski definition) is 2. The Bertz CT molecular complexity index is 1420. The van der Waals surface area contributed by atoms with Gasteiger partial charge in [-0.2, -0.15) is 0 Å². The van der Waals surface area contributed by atoms with Crippen LogP contribution < -0.4 is 10.0 Å². The van der Waals surface area contributed by atoms with E-state index in [0.717, 1.165) is 10.9 Å². The third-order valence-corrected chi connectivity index (χ3v) is 6.32. The zero-order valence-corrected chi connectivity index (χ0v) is 18.3. The summed E-state index contributed by atoms with van der Waals surface area (Å²) in [7, 11) is -3.79. The maximum absolute atomic E-state index is 12.6. The lowest BCUT2D eigenvalue weighted by atomic mass is 10.2. The summed E-state index contributed by atoms with van der Waals surface area (Å²) in [6.45, 7) is 0. The molecule has 4 rings (SSSR count). The molecule has 2 N–H and O–H groups in total. The first-order valence-corrected chi connectivity index (χ1v) is 11.5. The molecule has 0 saturated heterocycles. The number of aromatic nitrogens is 1. The van der Waals surface area contributed by atoms with Crippen molar-refractivity contribution in [2.24, 2.45) is 0 Å². The third-order valence-electron chi connectivity index (χ3n) is 4.61. The second-order valence-electron chi connectivity index (χ2n) is 6.89. The molecule has 0 aliphatic rings. The van der Waals surface area contributed by atoms with Gasteiger partial charge in [-0.1, -0.05) is 41.9 Å². The number of sulfonamides is 1. The van der Waals surface area contributed by atoms with E-state index in [9.17, 15) is 13.2 Å². The summed E-state index contributed by atoms with van der Waals surface area (Å²) in [4.78, 5) is 16.6. The number of amides is 1. The average molecular weight is 464 g/mol. The van der Waals surface area contributed by atoms with Crippen molar-refractivity contribution < 1.29 is 13.2 Å². The number of benzene rings is 3. The lowest BCUT2D eigenvalue weighted by Crippen LogP contribution is -2.13. The number of fused-ring (bicyclic) bond motifs is 1. The van der Waals surface area contributed by atoms with Crippen LogP contribution in [0.15, 0.2) is 96.0 Å². The molecule has 8 heteroatoms. The zero-order valence-electron chi connectivity index (χ0n) is 16.7. The van der Waals surface area contributed by atoms with Crippen LogP contribution in [0.5, 0.6) is 0 Å². The van der Waals surface area contributed by atoms with Crippen molar-refractivity contribution in [2.45, 2.75) is 4.90 Å². The predicted molar refractivity (Wildman–Crippen MR) is 128 cm³/mol. The van der Waals surface area contributed by atoms with Crippen LogP contribution in [0.3, 0.4) is 0 Å². The number of nitrogens with zero attached hydrogens (tertiary/aromatic N) is 1. The van der Waals surface area contributed by atoms with Crippen LogP contribution in [-0.2, 0) is 14.8 Å². The van der Waals surface area contributed by atoms with Gasteiger partial charge in [0.25, 0.3) is 10.0 Å². The highest BCUT2D eigenvalue weighted by molar-refractivity contribution is 7.92. The monoisotopic (exact) mass is 463 g/mol. The first kappa shape index (κ1) is 21.5. The maximum Gasteiger partial charge on any atom is 0.261 e. The van der Waals surface area contributed by atoms with Crippen molar-refractivity contribution >= 4 is 55.9 Å². The molecule has 0 radical (unpaired) electrons. The van der Waals surface area contributed by atoms with E-state index in [-0.39, 0.29) is 10.8 Å². The molecular weight excluding hydrogens is 446 g/mol. The Kier molecular flexibility index (Phi) is 6.20. The lowest BCUT2D eigenvalue weighted by Gasteiger charge is -2.09. The highest BCUT2D eigenvalue weighted by atomic mass is 35.5. The third kappa shape index (κ3) is 5.14. The van der Waals surface area contributed by atoms with E-state index in [1.807, 2.05) is 24.3 Å². The minimum atomic E-state index is -3.79. The van der Waals surface area contributed by atoms with Gasteiger partial charge in [-0.15, -0.1) is 0 Å². The average Bonchev–Trinajstić information content (AvgIpc) is 2.79. The van der Waals surface area contributed by atoms with Crippen LogP contribution in [0.2, 0.25) is 5.02 Å². The predicted octanol–water partition coefficient (Wildman–Crippen LogP) is 5.34. The first-order chi connectivity index (χ1) is 15.4. The van der Waals surface area contributed by atoms with Gasteiger partial charge in [0.15, 0.2) is 0 Å². The Hall–Kier alpha value is -3.68. The molecule has 0 fully saturated rings. The first-order valence-electron chi connectivity index (χ1n) is 9.62. The summed E-state index contributed by atoms with van der Waals surface area (Å²) in [5.74, 6) is -0.301. The lowest BCUT2D eigenvalue weighted by molar-refractivity contribution is -0.111. The van der Waals surface area contributed by atoms with Crippen molar-refractivity contribution in [3.8, 4) is 0 Å². The number of para-hydroxylation sites is 1. The van der Waals surface area contributed by atoms with E-state index in [1.165, 1.54) is 18.2 Å². The second kappa shape index (κ2) is 9.21. The zero-order chi connectivity index (χ0) is 22.6. The Balaban J connectivity index is 1.42. The molecule has 1 aromatic heterocycles. The quantitative estimate of drug-likeness (QED) is 0.378. The molecule has 0 aliphatic carbocycles. The molecule has 32 heavy (non-hydrogen) atoms. The van der Waals surface area contributed by atoms with Crippen LogP contribution in [0.1, 0.15) is 5.56 Å². The van der Waals surface area contributed by atoms with Gasteiger partial charge >= 0.3 is 0 Å². The largest absolute Gasteiger partial charge is 0.322 e. The summed E-state index contributed by atoms with van der Waals surface area (Å²) in [5.41, 5.74) is 2.49. The molecule has 3 aromatic carbocycles. The van der Waals surface area contributed by atoms with Crippen LogP contribution in [0, 0.1) is 0 Å². The minimum absolute atomic E-state index is 0.0868. The van der Waals surface area contributed by atoms with E-state index in [1.54, 1.807) is 54.7 Å². The second-order valence-corrected chi connectivity index (χ2v) is 8.98. The smallest absolute Gasteiger partial charge is 0.261 e. The van der Waals surface area contributed by atoms with Gasteiger partial charge in [0, 0.05) is 23.3 Å². The summed E-state index contributed by atoms with van der Waals surface area (Å²) < 4.78 is 27.6. The van der Waals surface area contributed by atoms with Crippen molar-refractivity contribution in [1.29, 1.82) is 0 Å². The molecule has 0 unspecified atom stereocenters. The molecule has 0 saturated carbocycles. The van der Waals surface area contributed by atoms with Gasteiger partial charge < -0.3 is 5.32 Å². The van der Waals surface area contributed by atoms with Crippen molar-refractivity contribution in [2.75, 3.05) is 10.0 Å². The van der Waals surface area contributed by atoms with Gasteiger partial charge in [0.2, 0.25) is 5.91 Å². The number of rotatable bonds is 6. The number of pyridine rings is 1. The molecule has 1 heterocycles. The number of nitrogens with one attached hydrogen (secondary N) is 2. The Labute approximate surface area is 190 Å². The van der Waals surface area contributed by atoms with E-state index in [2.05, 4.69) is 15.0 Å². The normalized spacial score (nSPS) is 11.5. The molecule has 0 spiro atoms. The van der Waals surface area contributed by atoms with Crippen molar-refractivity contribution in [3.63, 3.8) is 0 Å². The highest BCUT2D eigenvalue weighted by Gasteiger charge is 2.15.